The summed E-state index contributed by atoms with van der Waals surface area (Å²) in [5.74, 6) is -1.31. The van der Waals surface area contributed by atoms with Gasteiger partial charge >= 0.3 is 5.97 Å². The number of carbonyl (C=O) groups is 2. The summed E-state index contributed by atoms with van der Waals surface area (Å²) in [6.45, 7) is 4.79. The van der Waals surface area contributed by atoms with Crippen LogP contribution in [0.1, 0.15) is 26.7 Å². The number of carbonyl (C=O) groups excluding carboxylic acids is 2. The molecule has 106 valence electrons. The molecule has 0 N–H and O–H groups in total. The summed E-state index contributed by atoms with van der Waals surface area (Å²) in [6, 6.07) is 0. The smallest absolute Gasteiger partial charge is 0.302 e. The molecule has 0 amide bonds. The van der Waals surface area contributed by atoms with Gasteiger partial charge in [0.05, 0.1) is 27.1 Å². The van der Waals surface area contributed by atoms with E-state index in [-0.39, 0.29) is 5.97 Å². The fraction of sp³-hybridized carbons (Fsp3) is 0.692. The molecule has 0 fully saturated rings. The van der Waals surface area contributed by atoms with Gasteiger partial charge in [-0.15, -0.1) is 0 Å². The lowest BCUT2D eigenvalue weighted by Gasteiger charge is -2.23. The third-order valence-electron chi connectivity index (χ3n) is 1.78. The molecule has 0 aliphatic rings. The summed E-state index contributed by atoms with van der Waals surface area (Å²) in [4.78, 5) is 20.0. The van der Waals surface area contributed by atoms with Gasteiger partial charge in [0.1, 0.15) is 13.2 Å². The number of carboxylic acid groups (broad SMARTS) is 1. The Hall–Kier alpha value is -1.36. The fourth-order valence-corrected chi connectivity index (χ4v) is 0.809. The molecule has 0 rings (SSSR count). The molecule has 0 aliphatic carbocycles. The van der Waals surface area contributed by atoms with Gasteiger partial charge in [0.15, 0.2) is 0 Å². The SMILES string of the molecule is CC(=O)OCC[N+](C)(C)C.CCCC=CC(=O)[O-]. The van der Waals surface area contributed by atoms with E-state index in [2.05, 4.69) is 21.1 Å². The lowest BCUT2D eigenvalue weighted by molar-refractivity contribution is -0.870. The number of hydrogen-bond acceptors (Lipinski definition) is 4. The zero-order chi connectivity index (χ0) is 14.6. The highest BCUT2D eigenvalue weighted by Crippen LogP contribution is 1.89. The summed E-state index contributed by atoms with van der Waals surface area (Å²) < 4.78 is 5.59. The largest absolute Gasteiger partial charge is 0.545 e. The zero-order valence-electron chi connectivity index (χ0n) is 12.1. The molecule has 5 nitrogen and oxygen atoms in total. The number of nitrogens with zero attached hydrogens (tertiary/aromatic N) is 1. The van der Waals surface area contributed by atoms with Gasteiger partial charge in [-0.25, -0.2) is 0 Å². The van der Waals surface area contributed by atoms with Crippen molar-refractivity contribution in [2.75, 3.05) is 34.3 Å². The zero-order valence-corrected chi connectivity index (χ0v) is 12.1. The van der Waals surface area contributed by atoms with Crippen LogP contribution < -0.4 is 5.11 Å². The first-order valence-corrected chi connectivity index (χ1v) is 6.00. The van der Waals surface area contributed by atoms with Crippen LogP contribution in [-0.4, -0.2) is 50.7 Å². The third-order valence-corrected chi connectivity index (χ3v) is 1.78. The Morgan fingerprint density at radius 3 is 2.17 bits per heavy atom. The van der Waals surface area contributed by atoms with Gasteiger partial charge in [0.25, 0.3) is 0 Å². The van der Waals surface area contributed by atoms with Crippen LogP contribution in [0.5, 0.6) is 0 Å². The van der Waals surface area contributed by atoms with Crippen LogP contribution in [0.15, 0.2) is 12.2 Å². The topological polar surface area (TPSA) is 66.4 Å². The molecule has 0 saturated heterocycles. The molecule has 0 aromatic rings. The van der Waals surface area contributed by atoms with Crippen molar-refractivity contribution in [3.8, 4) is 0 Å². The van der Waals surface area contributed by atoms with Gasteiger partial charge in [-0.2, -0.15) is 0 Å². The van der Waals surface area contributed by atoms with Crippen LogP contribution in [0.2, 0.25) is 0 Å². The minimum Gasteiger partial charge on any atom is -0.545 e. The molecule has 5 heteroatoms. The summed E-state index contributed by atoms with van der Waals surface area (Å²) in [5.41, 5.74) is 0. The number of ether oxygens (including phenoxy) is 1. The average molecular weight is 259 g/mol. The van der Waals surface area contributed by atoms with Crippen LogP contribution in [-0.2, 0) is 14.3 Å². The van der Waals surface area contributed by atoms with Crippen LogP contribution in [0.3, 0.4) is 0 Å². The van der Waals surface area contributed by atoms with Gasteiger partial charge < -0.3 is 19.1 Å². The predicted octanol–water partition coefficient (Wildman–Crippen LogP) is 0.348. The molecule has 0 aromatic heterocycles. The molecular formula is C13H25NO4. The van der Waals surface area contributed by atoms with E-state index in [0.29, 0.717) is 6.61 Å². The number of allylic oxidation sites excluding steroid dienone is 1. The Kier molecular flexibility index (Phi) is 11.4. The fourth-order valence-electron chi connectivity index (χ4n) is 0.809. The maximum Gasteiger partial charge on any atom is 0.302 e. The first kappa shape index (κ1) is 19.0. The van der Waals surface area contributed by atoms with Crippen LogP contribution in [0.4, 0.5) is 0 Å². The van der Waals surface area contributed by atoms with Crippen molar-refractivity contribution >= 4 is 11.9 Å². The number of aliphatic carboxylic acids is 1. The van der Waals surface area contributed by atoms with Crippen LogP contribution in [0.25, 0.3) is 0 Å². The Labute approximate surface area is 110 Å². The minimum absolute atomic E-state index is 0.201. The normalized spacial score (nSPS) is 10.7. The molecule has 0 unspecified atom stereocenters. The van der Waals surface area contributed by atoms with Crippen molar-refractivity contribution in [1.82, 2.24) is 0 Å². The Morgan fingerprint density at radius 2 is 1.83 bits per heavy atom. The summed E-state index contributed by atoms with van der Waals surface area (Å²) in [6.07, 6.45) is 4.44. The molecule has 0 saturated carbocycles. The highest BCUT2D eigenvalue weighted by molar-refractivity contribution is 5.77. The summed E-state index contributed by atoms with van der Waals surface area (Å²) in [5, 5.41) is 9.68. The molecule has 18 heavy (non-hydrogen) atoms. The first-order valence-electron chi connectivity index (χ1n) is 6.00. The monoisotopic (exact) mass is 259 g/mol. The highest BCUT2D eigenvalue weighted by atomic mass is 16.5. The minimum atomic E-state index is -1.11. The number of hydrogen-bond donors (Lipinski definition) is 0. The number of quaternary nitrogens is 1. The van der Waals surface area contributed by atoms with Crippen molar-refractivity contribution < 1.29 is 23.9 Å². The molecular weight excluding hydrogens is 234 g/mol. The average Bonchev–Trinajstić information content (AvgIpc) is 2.15. The van der Waals surface area contributed by atoms with Gasteiger partial charge in [-0.1, -0.05) is 19.4 Å². The second-order valence-corrected chi connectivity index (χ2v) is 4.86. The molecule has 0 aliphatic heterocycles. The van der Waals surface area contributed by atoms with Crippen molar-refractivity contribution in [2.45, 2.75) is 26.7 Å². The molecule has 0 spiro atoms. The predicted molar refractivity (Wildman–Crippen MR) is 68.6 cm³/mol. The number of carboxylic acids is 1. The van der Waals surface area contributed by atoms with Gasteiger partial charge in [0, 0.05) is 6.92 Å². The number of rotatable bonds is 6. The maximum absolute atomic E-state index is 10.3. The second kappa shape index (κ2) is 10.8. The number of unbranched alkanes of at least 4 members (excludes halogenated alkanes) is 1. The highest BCUT2D eigenvalue weighted by Gasteiger charge is 2.06. The van der Waals surface area contributed by atoms with E-state index in [0.717, 1.165) is 29.9 Å². The van der Waals surface area contributed by atoms with Crippen LogP contribution in [0, 0.1) is 0 Å². The van der Waals surface area contributed by atoms with Gasteiger partial charge in [-0.05, 0) is 12.5 Å². The summed E-state index contributed by atoms with van der Waals surface area (Å²) in [7, 11) is 6.18. The Morgan fingerprint density at radius 1 is 1.28 bits per heavy atom. The Balaban J connectivity index is 0. The van der Waals surface area contributed by atoms with Crippen molar-refractivity contribution in [2.24, 2.45) is 0 Å². The van der Waals surface area contributed by atoms with Crippen molar-refractivity contribution in [1.29, 1.82) is 0 Å². The molecule has 0 bridgehead atoms. The van der Waals surface area contributed by atoms with Gasteiger partial charge in [0.2, 0.25) is 0 Å². The standard InChI is InChI=1S/C7H16NO2.C6H10O2/c1-7(9)10-6-5-8(2,3)4;1-2-3-4-5-6(7)8/h5-6H2,1-4H3;4-5H,2-3H2,1H3,(H,7,8)/q+1;/p-1. The van der Waals surface area contributed by atoms with E-state index >= 15 is 0 Å². The number of esters is 1. The van der Waals surface area contributed by atoms with E-state index < -0.39 is 5.97 Å². The quantitative estimate of drug-likeness (QED) is 0.392. The Bertz CT molecular complexity index is 267. The van der Waals surface area contributed by atoms with Crippen molar-refractivity contribution in [3.05, 3.63) is 12.2 Å². The maximum atomic E-state index is 10.3. The third kappa shape index (κ3) is 24.1. The molecule has 0 atom stereocenters. The van der Waals surface area contributed by atoms with Crippen molar-refractivity contribution in [3.63, 3.8) is 0 Å². The lowest BCUT2D eigenvalue weighted by atomic mass is 10.3. The van der Waals surface area contributed by atoms with E-state index in [9.17, 15) is 14.7 Å². The van der Waals surface area contributed by atoms with Crippen LogP contribution >= 0.6 is 0 Å². The molecule has 0 aromatic carbocycles. The first-order chi connectivity index (χ1) is 8.19. The summed E-state index contributed by atoms with van der Waals surface area (Å²) >= 11 is 0. The lowest BCUT2D eigenvalue weighted by Crippen LogP contribution is -2.37. The molecule has 0 radical (unpaired) electrons. The van der Waals surface area contributed by atoms with E-state index in [1.54, 1.807) is 6.08 Å². The second-order valence-electron chi connectivity index (χ2n) is 4.86. The molecule has 0 heterocycles. The number of likely N-dealkylation sites (N-methyl/N-ethyl adjacent to an activating group) is 1. The van der Waals surface area contributed by atoms with E-state index in [4.69, 9.17) is 4.74 Å². The van der Waals surface area contributed by atoms with E-state index in [1.807, 2.05) is 6.92 Å². The van der Waals surface area contributed by atoms with E-state index in [1.165, 1.54) is 6.92 Å². The van der Waals surface area contributed by atoms with Gasteiger partial charge in [-0.3, -0.25) is 4.79 Å².